The van der Waals surface area contributed by atoms with Crippen molar-refractivity contribution in [3.05, 3.63) is 47.5 Å². The maximum absolute atomic E-state index is 10.7. The van der Waals surface area contributed by atoms with Gasteiger partial charge in [0.05, 0.1) is 6.61 Å². The molecule has 0 atom stereocenters. The number of hydrogen-bond acceptors (Lipinski definition) is 5. The topological polar surface area (TPSA) is 65.0 Å². The molecule has 2 aromatic heterocycles. The maximum atomic E-state index is 10.7. The molecule has 92 valence electrons. The number of nitrogens with zero attached hydrogens (tertiary/aromatic N) is 3. The first-order chi connectivity index (χ1) is 8.78. The van der Waals surface area contributed by atoms with E-state index in [2.05, 4.69) is 15.0 Å². The van der Waals surface area contributed by atoms with Gasteiger partial charge in [0.2, 0.25) is 0 Å². The summed E-state index contributed by atoms with van der Waals surface area (Å²) in [5.74, 6) is 0. The molecule has 0 aromatic carbocycles. The minimum atomic E-state index is 0.230. The van der Waals surface area contributed by atoms with Crippen LogP contribution >= 0.6 is 0 Å². The van der Waals surface area contributed by atoms with Crippen LogP contribution in [0.2, 0.25) is 0 Å². The molecule has 0 bridgehead atoms. The van der Waals surface area contributed by atoms with Crippen molar-refractivity contribution in [2.75, 3.05) is 6.61 Å². The van der Waals surface area contributed by atoms with E-state index in [0.29, 0.717) is 30.7 Å². The number of carbonyl (C=O) groups is 1. The molecule has 0 aliphatic carbocycles. The zero-order chi connectivity index (χ0) is 12.8. The van der Waals surface area contributed by atoms with E-state index < -0.39 is 0 Å². The van der Waals surface area contributed by atoms with Gasteiger partial charge in [0.25, 0.3) is 0 Å². The van der Waals surface area contributed by atoms with E-state index in [4.69, 9.17) is 4.74 Å². The molecule has 5 heteroatoms. The molecule has 18 heavy (non-hydrogen) atoms. The highest BCUT2D eigenvalue weighted by molar-refractivity contribution is 5.71. The molecular weight excluding hydrogens is 230 g/mol. The number of rotatable bonds is 5. The van der Waals surface area contributed by atoms with Crippen LogP contribution in [-0.4, -0.2) is 27.8 Å². The van der Waals surface area contributed by atoms with Gasteiger partial charge in [-0.3, -0.25) is 9.78 Å². The Labute approximate surface area is 105 Å². The third-order valence-electron chi connectivity index (χ3n) is 2.29. The molecule has 0 saturated carbocycles. The Morgan fingerprint density at radius 2 is 2.22 bits per heavy atom. The third kappa shape index (κ3) is 3.35. The number of pyridine rings is 1. The molecule has 0 aliphatic rings. The summed E-state index contributed by atoms with van der Waals surface area (Å²) < 4.78 is 5.41. The number of aromatic nitrogens is 3. The molecular formula is C13H13N3O2. The van der Waals surface area contributed by atoms with Crippen LogP contribution in [0.5, 0.6) is 6.01 Å². The van der Waals surface area contributed by atoms with Crippen LogP contribution in [0.25, 0.3) is 0 Å². The smallest absolute Gasteiger partial charge is 0.317 e. The predicted molar refractivity (Wildman–Crippen MR) is 65.6 cm³/mol. The third-order valence-corrected chi connectivity index (χ3v) is 2.29. The van der Waals surface area contributed by atoms with Gasteiger partial charge >= 0.3 is 6.01 Å². The van der Waals surface area contributed by atoms with Gasteiger partial charge in [-0.2, -0.15) is 4.98 Å². The fraction of sp³-hybridized carbons (Fsp3) is 0.231. The molecule has 0 saturated heterocycles. The highest BCUT2D eigenvalue weighted by Gasteiger charge is 2.03. The second-order valence-corrected chi connectivity index (χ2v) is 3.75. The lowest BCUT2D eigenvalue weighted by molar-refractivity contribution is 0.111. The van der Waals surface area contributed by atoms with E-state index in [1.807, 2.05) is 18.2 Å². The van der Waals surface area contributed by atoms with Crippen LogP contribution in [0.3, 0.4) is 0 Å². The van der Waals surface area contributed by atoms with E-state index in [1.54, 1.807) is 19.2 Å². The molecule has 0 N–H and O–H groups in total. The summed E-state index contributed by atoms with van der Waals surface area (Å²) in [6.07, 6.45) is 3.10. The summed E-state index contributed by atoms with van der Waals surface area (Å²) in [7, 11) is 0. The van der Waals surface area contributed by atoms with E-state index in [-0.39, 0.29) is 6.01 Å². The largest absolute Gasteiger partial charge is 0.463 e. The van der Waals surface area contributed by atoms with Crippen molar-refractivity contribution >= 4 is 6.29 Å². The first kappa shape index (κ1) is 12.2. The summed E-state index contributed by atoms with van der Waals surface area (Å²) >= 11 is 0. The van der Waals surface area contributed by atoms with Crippen molar-refractivity contribution in [2.24, 2.45) is 0 Å². The summed E-state index contributed by atoms with van der Waals surface area (Å²) in [5, 5.41) is 0. The van der Waals surface area contributed by atoms with E-state index in [0.717, 1.165) is 5.69 Å². The number of carbonyl (C=O) groups excluding carboxylic acids is 1. The molecule has 5 nitrogen and oxygen atoms in total. The molecule has 2 aromatic rings. The molecule has 2 heterocycles. The summed E-state index contributed by atoms with van der Waals surface area (Å²) in [5.41, 5.74) is 1.98. The Hall–Kier alpha value is -2.30. The standard InChI is InChI=1S/C13H13N3O2/c1-10-8-12(9-17)16-13(15-10)18-7-5-11-4-2-3-6-14-11/h2-4,6,8-9H,5,7H2,1H3. The Kier molecular flexibility index (Phi) is 3.96. The predicted octanol–water partition coefficient (Wildman–Crippen LogP) is 1.61. The van der Waals surface area contributed by atoms with Crippen LogP contribution in [0, 0.1) is 6.92 Å². The number of aldehydes is 1. The normalized spacial score (nSPS) is 10.1. The summed E-state index contributed by atoms with van der Waals surface area (Å²) in [6.45, 7) is 2.22. The molecule has 0 aliphatic heterocycles. The Bertz CT molecular complexity index is 529. The van der Waals surface area contributed by atoms with Gasteiger partial charge in [0, 0.05) is 24.0 Å². The highest BCUT2D eigenvalue weighted by atomic mass is 16.5. The van der Waals surface area contributed by atoms with E-state index in [9.17, 15) is 4.79 Å². The summed E-state index contributed by atoms with van der Waals surface area (Å²) in [6, 6.07) is 7.56. The Morgan fingerprint density at radius 1 is 1.33 bits per heavy atom. The first-order valence-corrected chi connectivity index (χ1v) is 5.61. The quantitative estimate of drug-likeness (QED) is 0.746. The van der Waals surface area contributed by atoms with Crippen LogP contribution in [0.15, 0.2) is 30.5 Å². The molecule has 0 fully saturated rings. The molecule has 0 unspecified atom stereocenters. The van der Waals surface area contributed by atoms with Crippen molar-refractivity contribution in [1.29, 1.82) is 0 Å². The second kappa shape index (κ2) is 5.86. The fourth-order valence-electron chi connectivity index (χ4n) is 1.48. The van der Waals surface area contributed by atoms with E-state index in [1.165, 1.54) is 0 Å². The molecule has 0 radical (unpaired) electrons. The summed E-state index contributed by atoms with van der Waals surface area (Å²) in [4.78, 5) is 22.9. The number of hydrogen-bond donors (Lipinski definition) is 0. The SMILES string of the molecule is Cc1cc(C=O)nc(OCCc2ccccn2)n1. The van der Waals surface area contributed by atoms with Crippen LogP contribution in [-0.2, 0) is 6.42 Å². The zero-order valence-electron chi connectivity index (χ0n) is 10.0. The van der Waals surface area contributed by atoms with Gasteiger partial charge in [0.1, 0.15) is 5.69 Å². The van der Waals surface area contributed by atoms with Gasteiger partial charge in [-0.25, -0.2) is 4.98 Å². The lowest BCUT2D eigenvalue weighted by atomic mass is 10.3. The number of aryl methyl sites for hydroxylation is 1. The van der Waals surface area contributed by atoms with Crippen molar-refractivity contribution < 1.29 is 9.53 Å². The second-order valence-electron chi connectivity index (χ2n) is 3.75. The Morgan fingerprint density at radius 3 is 2.94 bits per heavy atom. The Balaban J connectivity index is 1.94. The van der Waals surface area contributed by atoms with Gasteiger partial charge in [-0.05, 0) is 25.1 Å². The lowest BCUT2D eigenvalue weighted by Gasteiger charge is -2.05. The van der Waals surface area contributed by atoms with E-state index >= 15 is 0 Å². The maximum Gasteiger partial charge on any atom is 0.317 e. The van der Waals surface area contributed by atoms with Crippen molar-refractivity contribution in [3.8, 4) is 6.01 Å². The van der Waals surface area contributed by atoms with Crippen molar-refractivity contribution in [1.82, 2.24) is 15.0 Å². The lowest BCUT2D eigenvalue weighted by Crippen LogP contribution is -2.06. The van der Waals surface area contributed by atoms with Gasteiger partial charge in [0.15, 0.2) is 6.29 Å². The zero-order valence-corrected chi connectivity index (χ0v) is 10.0. The average molecular weight is 243 g/mol. The molecule has 0 spiro atoms. The molecule has 0 amide bonds. The van der Waals surface area contributed by atoms with Crippen LogP contribution in [0.4, 0.5) is 0 Å². The van der Waals surface area contributed by atoms with Crippen molar-refractivity contribution in [3.63, 3.8) is 0 Å². The van der Waals surface area contributed by atoms with Gasteiger partial charge < -0.3 is 4.74 Å². The van der Waals surface area contributed by atoms with Gasteiger partial charge in [-0.15, -0.1) is 0 Å². The monoisotopic (exact) mass is 243 g/mol. The fourth-order valence-corrected chi connectivity index (χ4v) is 1.48. The average Bonchev–Trinajstić information content (AvgIpc) is 2.39. The first-order valence-electron chi connectivity index (χ1n) is 5.61. The highest BCUT2D eigenvalue weighted by Crippen LogP contribution is 2.06. The van der Waals surface area contributed by atoms with Gasteiger partial charge in [-0.1, -0.05) is 6.07 Å². The van der Waals surface area contributed by atoms with Crippen LogP contribution < -0.4 is 4.74 Å². The minimum Gasteiger partial charge on any atom is -0.463 e. The van der Waals surface area contributed by atoms with Crippen LogP contribution in [0.1, 0.15) is 21.9 Å². The van der Waals surface area contributed by atoms with Crippen molar-refractivity contribution in [2.45, 2.75) is 13.3 Å². The minimum absolute atomic E-state index is 0.230. The molecule has 2 rings (SSSR count). The number of ether oxygens (including phenoxy) is 1.